The van der Waals surface area contributed by atoms with Crippen LogP contribution in [0, 0.1) is 5.92 Å². The molecule has 1 spiro atoms. The van der Waals surface area contributed by atoms with Crippen LogP contribution in [0.4, 0.5) is 0 Å². The van der Waals surface area contributed by atoms with Crippen molar-refractivity contribution in [2.24, 2.45) is 5.92 Å². The molecule has 4 fully saturated rings. The largest absolute Gasteiger partial charge is 0.316 e. The van der Waals surface area contributed by atoms with E-state index in [2.05, 4.69) is 0 Å². The Hall–Kier alpha value is -0.0400. The van der Waals surface area contributed by atoms with E-state index in [0.717, 1.165) is 24.0 Å². The lowest BCUT2D eigenvalue weighted by molar-refractivity contribution is -1.00. The molecule has 0 aromatic heterocycles. The first-order valence-electron chi connectivity index (χ1n) is 5.27. The molecule has 11 heavy (non-hydrogen) atoms. The monoisotopic (exact) mass is 150 g/mol. The molecule has 0 aromatic rings. The van der Waals surface area contributed by atoms with Crippen molar-refractivity contribution in [3.05, 3.63) is 0 Å². The second-order valence-electron chi connectivity index (χ2n) is 5.29. The quantitative estimate of drug-likeness (QED) is 0.459. The van der Waals surface area contributed by atoms with Crippen LogP contribution in [0.2, 0.25) is 0 Å². The summed E-state index contributed by atoms with van der Waals surface area (Å²) in [4.78, 5) is 0. The summed E-state index contributed by atoms with van der Waals surface area (Å²) in [6.45, 7) is 1.60. The van der Waals surface area contributed by atoms with Crippen LogP contribution < -0.4 is 0 Å². The number of hydrogen-bond acceptors (Lipinski definition) is 0. The normalized spacial score (nSPS) is 69.8. The van der Waals surface area contributed by atoms with Crippen molar-refractivity contribution in [2.75, 3.05) is 6.54 Å². The first-order chi connectivity index (χ1) is 5.39. The molecule has 4 aliphatic rings. The second-order valence-corrected chi connectivity index (χ2v) is 5.29. The molecule has 60 valence electrons. The Balaban J connectivity index is 1.89. The minimum Gasteiger partial charge on any atom is -0.316 e. The number of rotatable bonds is 0. The molecular formula is C10H16N+. The van der Waals surface area contributed by atoms with E-state index in [4.69, 9.17) is 0 Å². The molecule has 0 saturated carbocycles. The van der Waals surface area contributed by atoms with Gasteiger partial charge < -0.3 is 4.48 Å². The van der Waals surface area contributed by atoms with E-state index >= 15 is 0 Å². The van der Waals surface area contributed by atoms with Gasteiger partial charge in [0.15, 0.2) is 0 Å². The zero-order valence-corrected chi connectivity index (χ0v) is 7.00. The first-order valence-corrected chi connectivity index (χ1v) is 5.27. The topological polar surface area (TPSA) is 0 Å². The maximum atomic E-state index is 1.64. The van der Waals surface area contributed by atoms with E-state index < -0.39 is 0 Å². The van der Waals surface area contributed by atoms with Crippen LogP contribution in [-0.2, 0) is 0 Å². The van der Waals surface area contributed by atoms with Crippen LogP contribution in [-0.4, -0.2) is 29.2 Å². The molecule has 1 heteroatoms. The van der Waals surface area contributed by atoms with Gasteiger partial charge in [-0.15, -0.1) is 0 Å². The Kier molecular flexibility index (Phi) is 0.706. The molecule has 4 aliphatic heterocycles. The summed E-state index contributed by atoms with van der Waals surface area (Å²) in [6.07, 6.45) is 7.97. The summed E-state index contributed by atoms with van der Waals surface area (Å²) >= 11 is 0. The highest BCUT2D eigenvalue weighted by molar-refractivity contribution is 5.01. The highest BCUT2D eigenvalue weighted by Gasteiger charge is 2.70. The highest BCUT2D eigenvalue weighted by atomic mass is 15.5. The third-order valence-electron chi connectivity index (χ3n) is 5.20. The van der Waals surface area contributed by atoms with E-state index in [-0.39, 0.29) is 0 Å². The SMILES string of the molecule is C1CC2CC3CC4CC1[N+]23C4. The van der Waals surface area contributed by atoms with Crippen LogP contribution in [0.15, 0.2) is 0 Å². The van der Waals surface area contributed by atoms with Gasteiger partial charge in [0.1, 0.15) is 0 Å². The molecular weight excluding hydrogens is 134 g/mol. The zero-order valence-electron chi connectivity index (χ0n) is 7.00. The summed E-state index contributed by atoms with van der Waals surface area (Å²) in [5, 5.41) is 0. The van der Waals surface area contributed by atoms with Gasteiger partial charge in [-0.05, 0) is 0 Å². The number of nitrogens with zero attached hydrogens (tertiary/aromatic N) is 1. The fourth-order valence-corrected chi connectivity index (χ4v) is 4.96. The Labute approximate surface area is 68.0 Å². The Morgan fingerprint density at radius 1 is 0.818 bits per heavy atom. The van der Waals surface area contributed by atoms with Crippen molar-refractivity contribution >= 4 is 0 Å². The molecule has 0 aromatic carbocycles. The average Bonchev–Trinajstić information content (AvgIpc) is 2.56. The summed E-state index contributed by atoms with van der Waals surface area (Å²) in [5.41, 5.74) is 0. The van der Waals surface area contributed by atoms with E-state index in [1.807, 2.05) is 0 Å². The molecule has 0 aliphatic carbocycles. The Morgan fingerprint density at radius 2 is 1.55 bits per heavy atom. The maximum absolute atomic E-state index is 1.64. The number of piperidine rings is 1. The lowest BCUT2D eigenvalue weighted by Crippen LogP contribution is -2.67. The van der Waals surface area contributed by atoms with E-state index in [9.17, 15) is 0 Å². The average molecular weight is 150 g/mol. The predicted octanol–water partition coefficient (Wildman–Crippen LogP) is 1.53. The van der Waals surface area contributed by atoms with Gasteiger partial charge in [-0.1, -0.05) is 0 Å². The van der Waals surface area contributed by atoms with Crippen LogP contribution in [0.3, 0.4) is 0 Å². The Bertz CT molecular complexity index is 219. The van der Waals surface area contributed by atoms with Gasteiger partial charge in [-0.3, -0.25) is 0 Å². The van der Waals surface area contributed by atoms with Crippen LogP contribution >= 0.6 is 0 Å². The van der Waals surface area contributed by atoms with Gasteiger partial charge in [-0.2, -0.15) is 0 Å². The Morgan fingerprint density at radius 3 is 2.27 bits per heavy atom. The van der Waals surface area contributed by atoms with E-state index in [1.54, 1.807) is 43.1 Å². The van der Waals surface area contributed by atoms with Crippen molar-refractivity contribution in [2.45, 2.75) is 50.2 Å². The fourth-order valence-electron chi connectivity index (χ4n) is 4.96. The predicted molar refractivity (Wildman–Crippen MR) is 43.1 cm³/mol. The fraction of sp³-hybridized carbons (Fsp3) is 1.00. The number of hydrogen-bond donors (Lipinski definition) is 0. The van der Waals surface area contributed by atoms with Gasteiger partial charge >= 0.3 is 0 Å². The van der Waals surface area contributed by atoms with Crippen molar-refractivity contribution < 1.29 is 4.48 Å². The van der Waals surface area contributed by atoms with Gasteiger partial charge in [0.25, 0.3) is 0 Å². The van der Waals surface area contributed by atoms with Gasteiger partial charge in [0, 0.05) is 31.6 Å². The van der Waals surface area contributed by atoms with Crippen molar-refractivity contribution in [3.63, 3.8) is 0 Å². The summed E-state index contributed by atoms with van der Waals surface area (Å²) in [6, 6.07) is 3.46. The van der Waals surface area contributed by atoms with Crippen LogP contribution in [0.1, 0.15) is 32.1 Å². The highest BCUT2D eigenvalue weighted by Crippen LogP contribution is 2.61. The number of fused-ring (bicyclic) bond motifs is 1. The van der Waals surface area contributed by atoms with Crippen LogP contribution in [0.5, 0.6) is 0 Å². The smallest absolute Gasteiger partial charge is 0.0956 e. The number of quaternary nitrogens is 1. The minimum atomic E-state index is 1.15. The minimum absolute atomic E-state index is 1.15. The maximum Gasteiger partial charge on any atom is 0.0956 e. The van der Waals surface area contributed by atoms with Crippen LogP contribution in [0.25, 0.3) is 0 Å². The van der Waals surface area contributed by atoms with Crippen molar-refractivity contribution in [3.8, 4) is 0 Å². The summed E-state index contributed by atoms with van der Waals surface area (Å²) < 4.78 is 1.64. The molecule has 0 amide bonds. The third kappa shape index (κ3) is 0.395. The standard InChI is InChI=1S/C10H16N/c1-2-9-5-10-4-7-3-8(1)11(9,10)6-7/h7-10H,1-6H2/q+1. The third-order valence-corrected chi connectivity index (χ3v) is 5.20. The van der Waals surface area contributed by atoms with E-state index in [0.29, 0.717) is 0 Å². The van der Waals surface area contributed by atoms with E-state index in [1.165, 1.54) is 0 Å². The lowest BCUT2D eigenvalue weighted by atomic mass is 9.86. The summed E-state index contributed by atoms with van der Waals surface area (Å²) in [5.74, 6) is 1.16. The first kappa shape index (κ1) is 5.58. The second kappa shape index (κ2) is 1.39. The lowest BCUT2D eigenvalue weighted by Gasteiger charge is -2.53. The molecule has 5 atom stereocenters. The molecule has 4 heterocycles. The molecule has 5 unspecified atom stereocenters. The molecule has 4 rings (SSSR count). The zero-order chi connectivity index (χ0) is 7.05. The van der Waals surface area contributed by atoms with Gasteiger partial charge in [0.05, 0.1) is 31.1 Å². The molecule has 1 nitrogen and oxygen atoms in total. The summed E-state index contributed by atoms with van der Waals surface area (Å²) in [7, 11) is 0. The van der Waals surface area contributed by atoms with Gasteiger partial charge in [-0.25, -0.2) is 0 Å². The molecule has 4 saturated heterocycles. The van der Waals surface area contributed by atoms with Crippen molar-refractivity contribution in [1.82, 2.24) is 0 Å². The molecule has 0 N–H and O–H groups in total. The van der Waals surface area contributed by atoms with Crippen molar-refractivity contribution in [1.29, 1.82) is 0 Å². The molecule has 0 radical (unpaired) electrons. The molecule has 2 bridgehead atoms. The van der Waals surface area contributed by atoms with Gasteiger partial charge in [0.2, 0.25) is 0 Å².